The summed E-state index contributed by atoms with van der Waals surface area (Å²) < 4.78 is 81.5. The highest BCUT2D eigenvalue weighted by molar-refractivity contribution is 5.80. The van der Waals surface area contributed by atoms with E-state index in [9.17, 15) is 18.0 Å². The van der Waals surface area contributed by atoms with Crippen LogP contribution in [-0.2, 0) is 44.5 Å². The number of hydrogen-bond donors (Lipinski definition) is 2. The molecule has 18 heteroatoms. The molecule has 15 nitrogen and oxygen atoms in total. The van der Waals surface area contributed by atoms with Gasteiger partial charge in [0.1, 0.15) is 17.9 Å². The van der Waals surface area contributed by atoms with Gasteiger partial charge in [0.15, 0.2) is 0 Å². The first kappa shape index (κ1) is 43.0. The molecule has 1 amide bonds. The molecule has 0 unspecified atom stereocenters. The Labute approximate surface area is 324 Å². The number of nitrogens with one attached hydrogen (secondary N) is 2. The molecule has 2 aliphatic carbocycles. The van der Waals surface area contributed by atoms with Crippen LogP contribution in [0.1, 0.15) is 12.8 Å². The molecule has 5 rings (SSSR count). The van der Waals surface area contributed by atoms with Gasteiger partial charge in [0.25, 0.3) is 0 Å². The number of aromatic nitrogens is 4. The van der Waals surface area contributed by atoms with Gasteiger partial charge in [0.2, 0.25) is 5.91 Å². The summed E-state index contributed by atoms with van der Waals surface area (Å²) in [5.41, 5.74) is 1.93. The first-order valence-electron chi connectivity index (χ1n) is 18.8. The summed E-state index contributed by atoms with van der Waals surface area (Å²) in [5, 5.41) is 10.4. The van der Waals surface area contributed by atoms with E-state index >= 15 is 0 Å². The van der Waals surface area contributed by atoms with Crippen LogP contribution in [-0.4, -0.2) is 131 Å². The molecule has 2 bridgehead atoms. The Bertz CT molecular complexity index is 1600. The Hall–Kier alpha value is -4.17. The van der Waals surface area contributed by atoms with E-state index in [4.69, 9.17) is 33.2 Å². The minimum atomic E-state index is -4.75. The van der Waals surface area contributed by atoms with Crippen molar-refractivity contribution < 1.29 is 55.9 Å². The molecule has 0 spiro atoms. The molecule has 2 aromatic heterocycles. The maximum atomic E-state index is 12.4. The minimum Gasteiger partial charge on any atom is -0.406 e. The summed E-state index contributed by atoms with van der Waals surface area (Å²) in [6.07, 6.45) is 6.67. The normalized spacial score (nSPS) is 17.4. The second-order valence-corrected chi connectivity index (χ2v) is 12.9. The van der Waals surface area contributed by atoms with E-state index in [2.05, 4.69) is 42.6 Å². The van der Waals surface area contributed by atoms with Gasteiger partial charge in [0.05, 0.1) is 111 Å². The smallest absolute Gasteiger partial charge is 0.406 e. The Morgan fingerprint density at radius 3 is 1.89 bits per heavy atom. The van der Waals surface area contributed by atoms with Crippen molar-refractivity contribution in [1.82, 2.24) is 25.1 Å². The Kier molecular flexibility index (Phi) is 18.3. The van der Waals surface area contributed by atoms with Gasteiger partial charge in [-0.3, -0.25) is 9.48 Å². The maximum absolute atomic E-state index is 12.4. The Balaban J connectivity index is 0.757. The molecule has 56 heavy (non-hydrogen) atoms. The van der Waals surface area contributed by atoms with Crippen molar-refractivity contribution in [1.29, 1.82) is 0 Å². The predicted molar refractivity (Wildman–Crippen MR) is 197 cm³/mol. The molecule has 0 aliphatic heterocycles. The summed E-state index contributed by atoms with van der Waals surface area (Å²) in [4.78, 5) is 20.7. The third kappa shape index (κ3) is 16.1. The van der Waals surface area contributed by atoms with E-state index in [-0.39, 0.29) is 17.6 Å². The highest BCUT2D eigenvalue weighted by atomic mass is 19.4. The van der Waals surface area contributed by atoms with E-state index in [1.165, 1.54) is 30.6 Å². The molecule has 3 atom stereocenters. The number of ether oxygens (including phenoxy) is 8. The summed E-state index contributed by atoms with van der Waals surface area (Å²) in [5.74, 6) is 1.43. The molecule has 308 valence electrons. The van der Waals surface area contributed by atoms with Crippen molar-refractivity contribution in [2.24, 2.45) is 17.8 Å². The molecule has 2 N–H and O–H groups in total. The number of carbonyl (C=O) groups is 1. The largest absolute Gasteiger partial charge is 0.573 e. The number of amides is 1. The minimum absolute atomic E-state index is 0.129. The fourth-order valence-electron chi connectivity index (χ4n) is 6.13. The molecule has 1 saturated carbocycles. The number of carbonyl (C=O) groups excluding carboxylic acids is 1. The quantitative estimate of drug-likeness (QED) is 0.0753. The van der Waals surface area contributed by atoms with Gasteiger partial charge >= 0.3 is 6.36 Å². The van der Waals surface area contributed by atoms with E-state index < -0.39 is 6.36 Å². The first-order chi connectivity index (χ1) is 27.3. The lowest BCUT2D eigenvalue weighted by atomic mass is 9.93. The van der Waals surface area contributed by atoms with Crippen molar-refractivity contribution in [3.05, 3.63) is 61.2 Å². The van der Waals surface area contributed by atoms with Crippen LogP contribution in [0.25, 0.3) is 11.3 Å². The molecule has 0 saturated heterocycles. The lowest BCUT2D eigenvalue weighted by molar-refractivity contribution is -0.274. The van der Waals surface area contributed by atoms with Gasteiger partial charge in [-0.1, -0.05) is 12.2 Å². The van der Waals surface area contributed by atoms with Crippen LogP contribution >= 0.6 is 0 Å². The van der Waals surface area contributed by atoms with Crippen LogP contribution < -0.4 is 15.4 Å². The van der Waals surface area contributed by atoms with Crippen molar-refractivity contribution >= 4 is 17.4 Å². The summed E-state index contributed by atoms with van der Waals surface area (Å²) in [6, 6.07) is 7.06. The Morgan fingerprint density at radius 1 is 0.750 bits per heavy atom. The van der Waals surface area contributed by atoms with Crippen LogP contribution in [0.3, 0.4) is 0 Å². The standard InChI is InChI=1S/C38H51F3N6O9/c39-38(40,41)56-33-5-3-32(4-6-33)46-36-25-35(43-28-44-36)31-26-45-47(27-31)8-10-50-12-14-52-16-18-54-20-22-55-21-19-53-17-15-51-13-11-49-9-7-42-37(48)34-24-29-1-2-30(34)23-29/h1-6,25-30,34H,7-24H2,(H,42,48)(H,43,44,46)/t29-,30+,34-/m1/s1. The molecule has 2 heterocycles. The molecule has 0 radical (unpaired) electrons. The lowest BCUT2D eigenvalue weighted by Crippen LogP contribution is -2.35. The number of allylic oxidation sites excluding steroid dienone is 2. The van der Waals surface area contributed by atoms with Gasteiger partial charge in [-0.2, -0.15) is 5.10 Å². The Morgan fingerprint density at radius 2 is 1.34 bits per heavy atom. The number of fused-ring (bicyclic) bond motifs is 2. The van der Waals surface area contributed by atoms with Gasteiger partial charge in [0, 0.05) is 36.0 Å². The van der Waals surface area contributed by atoms with Crippen LogP contribution in [0.4, 0.5) is 24.7 Å². The second-order valence-electron chi connectivity index (χ2n) is 12.9. The first-order valence-corrected chi connectivity index (χ1v) is 18.8. The van der Waals surface area contributed by atoms with Crippen LogP contribution in [0, 0.1) is 17.8 Å². The van der Waals surface area contributed by atoms with E-state index in [0.29, 0.717) is 135 Å². The topological polar surface area (TPSA) is 159 Å². The van der Waals surface area contributed by atoms with Crippen molar-refractivity contribution in [2.75, 3.05) is 104 Å². The maximum Gasteiger partial charge on any atom is 0.573 e. The highest BCUT2D eigenvalue weighted by Crippen LogP contribution is 2.43. The molecular formula is C38H51F3N6O9. The van der Waals surface area contributed by atoms with Gasteiger partial charge in [-0.05, 0) is 48.9 Å². The molecular weight excluding hydrogens is 741 g/mol. The molecule has 3 aromatic rings. The summed E-state index contributed by atoms with van der Waals surface area (Å²) >= 11 is 0. The average molecular weight is 793 g/mol. The zero-order valence-corrected chi connectivity index (χ0v) is 31.3. The van der Waals surface area contributed by atoms with E-state index in [1.54, 1.807) is 16.9 Å². The van der Waals surface area contributed by atoms with Gasteiger partial charge < -0.3 is 48.5 Å². The SMILES string of the molecule is O=C(NCCOCCOCCOCCOCCOCCOCCOCCn1cc(-c2cc(Nc3ccc(OC(F)(F)F)cc3)ncn2)cn1)[C@@H]1C[C@@H]2C=C[C@H]1C2. The lowest BCUT2D eigenvalue weighted by Gasteiger charge is -2.17. The average Bonchev–Trinajstić information content (AvgIpc) is 3.96. The number of benzene rings is 1. The predicted octanol–water partition coefficient (Wildman–Crippen LogP) is 4.43. The fourth-order valence-corrected chi connectivity index (χ4v) is 6.13. The summed E-state index contributed by atoms with van der Waals surface area (Å²) in [6.45, 7) is 7.50. The van der Waals surface area contributed by atoms with Crippen LogP contribution in [0.15, 0.2) is 61.2 Å². The zero-order chi connectivity index (χ0) is 39.3. The number of hydrogen-bond acceptors (Lipinski definition) is 13. The van der Waals surface area contributed by atoms with Crippen molar-refractivity contribution in [3.8, 4) is 17.0 Å². The van der Waals surface area contributed by atoms with Crippen LogP contribution in [0.2, 0.25) is 0 Å². The second kappa shape index (κ2) is 23.8. The van der Waals surface area contributed by atoms with Crippen molar-refractivity contribution in [3.63, 3.8) is 0 Å². The van der Waals surface area contributed by atoms with Gasteiger partial charge in [-0.25, -0.2) is 9.97 Å². The third-order valence-electron chi connectivity index (χ3n) is 8.81. The van der Waals surface area contributed by atoms with Gasteiger partial charge in [-0.15, -0.1) is 13.2 Å². The summed E-state index contributed by atoms with van der Waals surface area (Å²) in [7, 11) is 0. The number of rotatable bonds is 29. The number of nitrogens with zero attached hydrogens (tertiary/aromatic N) is 4. The van der Waals surface area contributed by atoms with Crippen LogP contribution in [0.5, 0.6) is 5.75 Å². The molecule has 1 fully saturated rings. The van der Waals surface area contributed by atoms with E-state index in [0.717, 1.165) is 18.4 Å². The molecule has 1 aromatic carbocycles. The third-order valence-corrected chi connectivity index (χ3v) is 8.81. The fraction of sp³-hybridized carbons (Fsp3) is 0.579. The monoisotopic (exact) mass is 792 g/mol. The van der Waals surface area contributed by atoms with E-state index in [1.807, 2.05) is 6.20 Å². The number of alkyl halides is 3. The highest BCUT2D eigenvalue weighted by Gasteiger charge is 2.39. The number of anilines is 2. The van der Waals surface area contributed by atoms with Crippen molar-refractivity contribution in [2.45, 2.75) is 25.7 Å². The number of halogens is 3. The molecule has 2 aliphatic rings. The zero-order valence-electron chi connectivity index (χ0n) is 31.3.